The molecule has 2 aliphatic rings. The summed E-state index contributed by atoms with van der Waals surface area (Å²) in [7, 11) is 0. The summed E-state index contributed by atoms with van der Waals surface area (Å²) in [6.07, 6.45) is 0.277. The van der Waals surface area contributed by atoms with E-state index in [4.69, 9.17) is 10.5 Å². The maximum absolute atomic E-state index is 13.7. The van der Waals surface area contributed by atoms with Gasteiger partial charge in [0.15, 0.2) is 16.8 Å². The molecule has 7 nitrogen and oxygen atoms in total. The second-order valence-corrected chi connectivity index (χ2v) is 8.10. The molecule has 10 heteroatoms. The van der Waals surface area contributed by atoms with E-state index in [-0.39, 0.29) is 23.2 Å². The van der Waals surface area contributed by atoms with Gasteiger partial charge in [0.25, 0.3) is 5.91 Å². The fourth-order valence-electron chi connectivity index (χ4n) is 3.76. The van der Waals surface area contributed by atoms with Gasteiger partial charge in [-0.2, -0.15) is 0 Å². The van der Waals surface area contributed by atoms with E-state index in [2.05, 4.69) is 4.98 Å². The topological polar surface area (TPSA) is 88.8 Å². The Morgan fingerprint density at radius 1 is 1.28 bits per heavy atom. The number of carbonyl (C=O) groups excluding carboxylic acids is 2. The molecule has 2 N–H and O–H groups in total. The number of carbonyl (C=O) groups is 2. The van der Waals surface area contributed by atoms with Crippen molar-refractivity contribution in [2.45, 2.75) is 25.8 Å². The SMILES string of the molecule is C[C@@H]1Cc2cc(F)c(F)cc2N1C(=O)Cc1nc(N2CCOCC2)sc1C(N)=O. The number of morpholine rings is 1. The van der Waals surface area contributed by atoms with Crippen LogP contribution in [0.5, 0.6) is 0 Å². The molecule has 0 spiro atoms. The molecule has 4 rings (SSSR count). The van der Waals surface area contributed by atoms with Crippen molar-refractivity contribution in [1.29, 1.82) is 0 Å². The third-order valence-electron chi connectivity index (χ3n) is 5.12. The number of anilines is 2. The molecule has 154 valence electrons. The number of ether oxygens (including phenoxy) is 1. The summed E-state index contributed by atoms with van der Waals surface area (Å²) >= 11 is 1.15. The highest BCUT2D eigenvalue weighted by atomic mass is 32.1. The van der Waals surface area contributed by atoms with Crippen molar-refractivity contribution in [3.63, 3.8) is 0 Å². The van der Waals surface area contributed by atoms with E-state index in [0.29, 0.717) is 54.8 Å². The van der Waals surface area contributed by atoms with E-state index in [9.17, 15) is 18.4 Å². The quantitative estimate of drug-likeness (QED) is 0.813. The van der Waals surface area contributed by atoms with Gasteiger partial charge in [0.05, 0.1) is 31.0 Å². The molecule has 2 aromatic rings. The van der Waals surface area contributed by atoms with Crippen LogP contribution in [0.3, 0.4) is 0 Å². The van der Waals surface area contributed by atoms with Gasteiger partial charge in [-0.25, -0.2) is 13.8 Å². The minimum Gasteiger partial charge on any atom is -0.378 e. The molecule has 2 aliphatic heterocycles. The van der Waals surface area contributed by atoms with E-state index < -0.39 is 17.5 Å². The van der Waals surface area contributed by atoms with Crippen LogP contribution >= 0.6 is 11.3 Å². The molecule has 0 radical (unpaired) electrons. The van der Waals surface area contributed by atoms with E-state index in [1.807, 2.05) is 11.8 Å². The lowest BCUT2D eigenvalue weighted by Crippen LogP contribution is -2.37. The molecule has 0 bridgehead atoms. The predicted octanol–water partition coefficient (Wildman–Crippen LogP) is 1.88. The highest BCUT2D eigenvalue weighted by molar-refractivity contribution is 7.17. The van der Waals surface area contributed by atoms with Gasteiger partial charge >= 0.3 is 0 Å². The number of thiazole rings is 1. The molecule has 0 unspecified atom stereocenters. The summed E-state index contributed by atoms with van der Waals surface area (Å²) in [6.45, 7) is 4.21. The summed E-state index contributed by atoms with van der Waals surface area (Å²) < 4.78 is 32.6. The molecule has 1 aromatic carbocycles. The summed E-state index contributed by atoms with van der Waals surface area (Å²) in [5.74, 6) is -2.93. The Morgan fingerprint density at radius 2 is 1.97 bits per heavy atom. The van der Waals surface area contributed by atoms with Crippen LogP contribution in [0.4, 0.5) is 19.6 Å². The van der Waals surface area contributed by atoms with E-state index in [1.165, 1.54) is 4.90 Å². The number of hydrogen-bond acceptors (Lipinski definition) is 6. The average Bonchev–Trinajstić information content (AvgIpc) is 3.23. The lowest BCUT2D eigenvalue weighted by molar-refractivity contribution is -0.118. The summed E-state index contributed by atoms with van der Waals surface area (Å²) in [4.78, 5) is 33.1. The maximum Gasteiger partial charge on any atom is 0.260 e. The number of benzene rings is 1. The van der Waals surface area contributed by atoms with Crippen molar-refractivity contribution in [2.75, 3.05) is 36.1 Å². The molecular formula is C19H20F2N4O3S. The molecule has 1 saturated heterocycles. The van der Waals surface area contributed by atoms with Crippen LogP contribution in [0.1, 0.15) is 27.9 Å². The van der Waals surface area contributed by atoms with Gasteiger partial charge in [0, 0.05) is 25.2 Å². The second-order valence-electron chi connectivity index (χ2n) is 7.12. The zero-order valence-electron chi connectivity index (χ0n) is 15.8. The van der Waals surface area contributed by atoms with Crippen molar-refractivity contribution >= 4 is 34.0 Å². The number of rotatable bonds is 4. The van der Waals surface area contributed by atoms with Crippen LogP contribution in [0.15, 0.2) is 12.1 Å². The average molecular weight is 422 g/mol. The number of hydrogen-bond donors (Lipinski definition) is 1. The molecule has 1 aromatic heterocycles. The Labute approximate surface area is 170 Å². The van der Waals surface area contributed by atoms with Crippen LogP contribution in [0.2, 0.25) is 0 Å². The first-order valence-electron chi connectivity index (χ1n) is 9.27. The lowest BCUT2D eigenvalue weighted by Gasteiger charge is -2.26. The van der Waals surface area contributed by atoms with Crippen LogP contribution in [0, 0.1) is 11.6 Å². The van der Waals surface area contributed by atoms with Crippen LogP contribution in [-0.2, 0) is 22.4 Å². The fourth-order valence-corrected chi connectivity index (χ4v) is 4.75. The largest absolute Gasteiger partial charge is 0.378 e. The van der Waals surface area contributed by atoms with Gasteiger partial charge in [-0.3, -0.25) is 9.59 Å². The number of primary amides is 1. The maximum atomic E-state index is 13.7. The van der Waals surface area contributed by atoms with Gasteiger partial charge < -0.3 is 20.3 Å². The first kappa shape index (κ1) is 19.7. The van der Waals surface area contributed by atoms with Gasteiger partial charge in [-0.1, -0.05) is 11.3 Å². The van der Waals surface area contributed by atoms with Crippen LogP contribution < -0.4 is 15.5 Å². The molecule has 1 fully saturated rings. The zero-order chi connectivity index (χ0) is 20.7. The number of amides is 2. The van der Waals surface area contributed by atoms with Gasteiger partial charge in [-0.05, 0) is 25.0 Å². The Kier molecular flexibility index (Phi) is 5.22. The molecule has 29 heavy (non-hydrogen) atoms. The monoisotopic (exact) mass is 422 g/mol. The van der Waals surface area contributed by atoms with E-state index in [0.717, 1.165) is 23.5 Å². The van der Waals surface area contributed by atoms with Crippen molar-refractivity contribution < 1.29 is 23.1 Å². The highest BCUT2D eigenvalue weighted by Gasteiger charge is 2.33. The Morgan fingerprint density at radius 3 is 2.66 bits per heavy atom. The smallest absolute Gasteiger partial charge is 0.260 e. The molecule has 1 atom stereocenters. The van der Waals surface area contributed by atoms with E-state index >= 15 is 0 Å². The molecule has 2 amide bonds. The van der Waals surface area contributed by atoms with Crippen molar-refractivity contribution in [1.82, 2.24) is 4.98 Å². The van der Waals surface area contributed by atoms with Gasteiger partial charge in [-0.15, -0.1) is 0 Å². The van der Waals surface area contributed by atoms with Crippen molar-refractivity contribution in [2.24, 2.45) is 5.73 Å². The first-order chi connectivity index (χ1) is 13.8. The molecule has 3 heterocycles. The van der Waals surface area contributed by atoms with Gasteiger partial charge in [0.1, 0.15) is 4.88 Å². The summed E-state index contributed by atoms with van der Waals surface area (Å²) in [5.41, 5.74) is 6.73. The minimum atomic E-state index is -1.00. The highest BCUT2D eigenvalue weighted by Crippen LogP contribution is 2.35. The third-order valence-corrected chi connectivity index (χ3v) is 6.29. The number of aromatic nitrogens is 1. The number of nitrogens with zero attached hydrogens (tertiary/aromatic N) is 3. The standard InChI is InChI=1S/C19H20F2N4O3S/c1-10-6-11-7-12(20)13(21)8-15(11)25(10)16(26)9-14-17(18(22)27)29-19(23-14)24-2-4-28-5-3-24/h7-8,10H,2-6,9H2,1H3,(H2,22,27)/t10-/m1/s1. The van der Waals surface area contributed by atoms with Crippen molar-refractivity contribution in [3.8, 4) is 0 Å². The number of halogens is 2. The normalized spacial score (nSPS) is 18.8. The predicted molar refractivity (Wildman–Crippen MR) is 104 cm³/mol. The first-order valence-corrected chi connectivity index (χ1v) is 10.1. The minimum absolute atomic E-state index is 0.151. The summed E-state index contributed by atoms with van der Waals surface area (Å²) in [5, 5.41) is 0.618. The lowest BCUT2D eigenvalue weighted by atomic mass is 10.1. The second kappa shape index (κ2) is 7.68. The summed E-state index contributed by atoms with van der Waals surface area (Å²) in [6, 6.07) is 1.91. The Balaban J connectivity index is 1.61. The number of nitrogens with two attached hydrogens (primary N) is 1. The Hall–Kier alpha value is -2.59. The van der Waals surface area contributed by atoms with Crippen LogP contribution in [-0.4, -0.2) is 49.1 Å². The zero-order valence-corrected chi connectivity index (χ0v) is 16.6. The molecular weight excluding hydrogens is 402 g/mol. The molecule has 0 saturated carbocycles. The van der Waals surface area contributed by atoms with Crippen LogP contribution in [0.25, 0.3) is 0 Å². The third kappa shape index (κ3) is 3.69. The number of fused-ring (bicyclic) bond motifs is 1. The van der Waals surface area contributed by atoms with Crippen molar-refractivity contribution in [3.05, 3.63) is 39.9 Å². The Bertz CT molecular complexity index is 975. The fraction of sp³-hybridized carbons (Fsp3) is 0.421. The van der Waals surface area contributed by atoms with E-state index in [1.54, 1.807) is 0 Å². The van der Waals surface area contributed by atoms with Gasteiger partial charge in [0.2, 0.25) is 5.91 Å². The molecule has 0 aliphatic carbocycles.